The summed E-state index contributed by atoms with van der Waals surface area (Å²) >= 11 is 0. The Labute approximate surface area is 122 Å². The normalized spacial score (nSPS) is 23.2. The molecule has 0 bridgehead atoms. The Morgan fingerprint density at radius 2 is 1.80 bits per heavy atom. The molecule has 0 aromatic heterocycles. The lowest BCUT2D eigenvalue weighted by Crippen LogP contribution is -2.09. The van der Waals surface area contributed by atoms with E-state index in [1.54, 1.807) is 0 Å². The van der Waals surface area contributed by atoms with Gasteiger partial charge in [-0.15, -0.1) is 0 Å². The topological polar surface area (TPSA) is 0 Å². The first-order valence-electron chi connectivity index (χ1n) is 7.48. The lowest BCUT2D eigenvalue weighted by atomic mass is 9.81. The Morgan fingerprint density at radius 3 is 2.55 bits per heavy atom. The van der Waals surface area contributed by atoms with Crippen LogP contribution in [0.4, 0.5) is 0 Å². The van der Waals surface area contributed by atoms with Crippen LogP contribution in [0.1, 0.15) is 37.0 Å². The summed E-state index contributed by atoms with van der Waals surface area (Å²) in [7, 11) is 0. The molecular weight excluding hydrogens is 240 g/mol. The summed E-state index contributed by atoms with van der Waals surface area (Å²) < 4.78 is 0. The summed E-state index contributed by atoms with van der Waals surface area (Å²) in [5.74, 6) is 0. The van der Waals surface area contributed by atoms with Crippen molar-refractivity contribution in [1.82, 2.24) is 0 Å². The first-order valence-corrected chi connectivity index (χ1v) is 7.48. The Hall–Kier alpha value is -1.82. The van der Waals surface area contributed by atoms with E-state index in [1.807, 2.05) is 0 Å². The van der Waals surface area contributed by atoms with E-state index >= 15 is 0 Å². The predicted molar refractivity (Wildman–Crippen MR) is 87.6 cm³/mol. The van der Waals surface area contributed by atoms with Crippen molar-refractivity contribution < 1.29 is 0 Å². The lowest BCUT2D eigenvalue weighted by Gasteiger charge is -2.24. The smallest absolute Gasteiger partial charge is 0.00853 e. The van der Waals surface area contributed by atoms with E-state index in [0.29, 0.717) is 5.41 Å². The highest BCUT2D eigenvalue weighted by molar-refractivity contribution is 5.78. The van der Waals surface area contributed by atoms with E-state index in [1.165, 1.54) is 22.3 Å². The molecule has 2 aliphatic carbocycles. The van der Waals surface area contributed by atoms with E-state index in [0.717, 1.165) is 19.3 Å². The molecule has 102 valence electrons. The second-order valence-corrected chi connectivity index (χ2v) is 6.39. The zero-order chi connectivity index (χ0) is 14.0. The second-order valence-electron chi connectivity index (χ2n) is 6.39. The van der Waals surface area contributed by atoms with Crippen LogP contribution < -0.4 is 0 Å². The van der Waals surface area contributed by atoms with E-state index < -0.39 is 0 Å². The van der Waals surface area contributed by atoms with Gasteiger partial charge in [0, 0.05) is 0 Å². The number of benzene rings is 1. The number of allylic oxidation sites excluding steroid dienone is 8. The molecule has 0 atom stereocenters. The van der Waals surface area contributed by atoms with Gasteiger partial charge < -0.3 is 0 Å². The van der Waals surface area contributed by atoms with E-state index in [-0.39, 0.29) is 0 Å². The van der Waals surface area contributed by atoms with Gasteiger partial charge in [-0.1, -0.05) is 74.6 Å². The van der Waals surface area contributed by atoms with Crippen LogP contribution >= 0.6 is 0 Å². The molecule has 1 aromatic carbocycles. The molecule has 0 N–H and O–H groups in total. The molecule has 2 aliphatic rings. The Bertz CT molecular complexity index is 621. The van der Waals surface area contributed by atoms with Crippen molar-refractivity contribution in [3.63, 3.8) is 0 Å². The van der Waals surface area contributed by atoms with E-state index in [2.05, 4.69) is 74.6 Å². The van der Waals surface area contributed by atoms with Crippen molar-refractivity contribution in [3.8, 4) is 0 Å². The molecule has 0 saturated carbocycles. The third kappa shape index (κ3) is 2.70. The number of rotatable bonds is 1. The van der Waals surface area contributed by atoms with Crippen LogP contribution in [0.3, 0.4) is 0 Å². The highest BCUT2D eigenvalue weighted by Crippen LogP contribution is 2.34. The molecule has 0 radical (unpaired) electrons. The van der Waals surface area contributed by atoms with Gasteiger partial charge in [-0.3, -0.25) is 0 Å². The lowest BCUT2D eigenvalue weighted by molar-refractivity contribution is 0.485. The number of fused-ring (bicyclic) bond motifs is 1. The maximum Gasteiger partial charge on any atom is -0.00853 e. The largest absolute Gasteiger partial charge is 0.0801 e. The molecule has 0 fully saturated rings. The Morgan fingerprint density at radius 1 is 1.00 bits per heavy atom. The van der Waals surface area contributed by atoms with Crippen LogP contribution in [0, 0.1) is 5.41 Å². The highest BCUT2D eigenvalue weighted by atomic mass is 14.2. The SMILES string of the molecule is CC1(C)C=CC(c2cccc3c2C/C=C\C=C/C3)=CC1. The molecule has 1 aromatic rings. The van der Waals surface area contributed by atoms with Gasteiger partial charge in [0.2, 0.25) is 0 Å². The Balaban J connectivity index is 2.01. The fourth-order valence-corrected chi connectivity index (χ4v) is 2.90. The van der Waals surface area contributed by atoms with E-state index in [4.69, 9.17) is 0 Å². The minimum Gasteiger partial charge on any atom is -0.0801 e. The van der Waals surface area contributed by atoms with Crippen molar-refractivity contribution >= 4 is 5.57 Å². The van der Waals surface area contributed by atoms with Gasteiger partial charge in [0.05, 0.1) is 0 Å². The van der Waals surface area contributed by atoms with Crippen molar-refractivity contribution in [3.05, 3.63) is 77.4 Å². The first-order chi connectivity index (χ1) is 9.66. The fraction of sp³-hybridized carbons (Fsp3) is 0.300. The van der Waals surface area contributed by atoms with Crippen molar-refractivity contribution in [2.75, 3.05) is 0 Å². The average molecular weight is 262 g/mol. The summed E-state index contributed by atoms with van der Waals surface area (Å²) in [6, 6.07) is 6.73. The summed E-state index contributed by atoms with van der Waals surface area (Å²) in [6.45, 7) is 4.58. The van der Waals surface area contributed by atoms with Gasteiger partial charge in [0.1, 0.15) is 0 Å². The summed E-state index contributed by atoms with van der Waals surface area (Å²) in [5, 5.41) is 0. The van der Waals surface area contributed by atoms with Crippen molar-refractivity contribution in [2.24, 2.45) is 5.41 Å². The Kier molecular flexibility index (Phi) is 3.48. The molecular formula is C20H22. The molecule has 0 nitrogen and oxygen atoms in total. The molecule has 3 rings (SSSR count). The fourth-order valence-electron chi connectivity index (χ4n) is 2.90. The van der Waals surface area contributed by atoms with Crippen LogP contribution in [0.2, 0.25) is 0 Å². The van der Waals surface area contributed by atoms with Crippen LogP contribution in [0.15, 0.2) is 60.7 Å². The van der Waals surface area contributed by atoms with Gasteiger partial charge in [0.15, 0.2) is 0 Å². The molecule has 20 heavy (non-hydrogen) atoms. The minimum absolute atomic E-state index is 0.301. The first kappa shape index (κ1) is 13.2. The maximum atomic E-state index is 2.40. The molecule has 0 saturated heterocycles. The van der Waals surface area contributed by atoms with Crippen molar-refractivity contribution in [1.29, 1.82) is 0 Å². The summed E-state index contributed by atoms with van der Waals surface area (Å²) in [5.41, 5.74) is 6.05. The maximum absolute atomic E-state index is 2.40. The second kappa shape index (κ2) is 5.28. The highest BCUT2D eigenvalue weighted by Gasteiger charge is 2.18. The van der Waals surface area contributed by atoms with Gasteiger partial charge in [-0.25, -0.2) is 0 Å². The summed E-state index contributed by atoms with van der Waals surface area (Å²) in [6.07, 6.45) is 19.1. The molecule has 0 heteroatoms. The van der Waals surface area contributed by atoms with Crippen LogP contribution in [-0.2, 0) is 12.8 Å². The summed E-state index contributed by atoms with van der Waals surface area (Å²) in [4.78, 5) is 0. The van der Waals surface area contributed by atoms with E-state index in [9.17, 15) is 0 Å². The van der Waals surface area contributed by atoms with Gasteiger partial charge in [-0.05, 0) is 46.9 Å². The molecule has 0 amide bonds. The molecule has 0 heterocycles. The molecule has 0 aliphatic heterocycles. The van der Waals surface area contributed by atoms with Crippen LogP contribution in [0.25, 0.3) is 5.57 Å². The van der Waals surface area contributed by atoms with Crippen LogP contribution in [-0.4, -0.2) is 0 Å². The molecule has 0 unspecified atom stereocenters. The standard InChI is InChI=1S/C20H22/c1-20(2)14-12-17(13-15-20)19-11-7-9-16-8-5-3-4-6-10-18(16)19/h3-7,9,11-14H,8,10,15H2,1-2H3/b5-3-,6-4-. The number of hydrogen-bond acceptors (Lipinski definition) is 0. The van der Waals surface area contributed by atoms with Gasteiger partial charge in [0.25, 0.3) is 0 Å². The van der Waals surface area contributed by atoms with Crippen LogP contribution in [0.5, 0.6) is 0 Å². The zero-order valence-electron chi connectivity index (χ0n) is 12.4. The monoisotopic (exact) mass is 262 g/mol. The van der Waals surface area contributed by atoms with Crippen molar-refractivity contribution in [2.45, 2.75) is 33.1 Å². The third-order valence-corrected chi connectivity index (χ3v) is 4.19. The molecule has 0 spiro atoms. The van der Waals surface area contributed by atoms with Gasteiger partial charge in [-0.2, -0.15) is 0 Å². The third-order valence-electron chi connectivity index (χ3n) is 4.19. The zero-order valence-corrected chi connectivity index (χ0v) is 12.4. The van der Waals surface area contributed by atoms with Gasteiger partial charge >= 0.3 is 0 Å². The minimum atomic E-state index is 0.301. The quantitative estimate of drug-likeness (QED) is 0.647. The predicted octanol–water partition coefficient (Wildman–Crippen LogP) is 5.27. The number of hydrogen-bond donors (Lipinski definition) is 0. The average Bonchev–Trinajstić information content (AvgIpc) is 2.39.